The van der Waals surface area contributed by atoms with E-state index in [1.807, 2.05) is 44.2 Å². The van der Waals surface area contributed by atoms with Gasteiger partial charge in [0.1, 0.15) is 23.2 Å². The van der Waals surface area contributed by atoms with Crippen LogP contribution in [0.1, 0.15) is 51.5 Å². The Kier molecular flexibility index (Phi) is 7.08. The van der Waals surface area contributed by atoms with Crippen LogP contribution in [0.25, 0.3) is 11.1 Å². The fourth-order valence-corrected chi connectivity index (χ4v) is 8.97. The number of rotatable bonds is 12. The van der Waals surface area contributed by atoms with Gasteiger partial charge in [0.05, 0.1) is 5.75 Å². The molecule has 1 unspecified atom stereocenters. The van der Waals surface area contributed by atoms with Gasteiger partial charge in [0.2, 0.25) is 10.0 Å². The predicted octanol–water partition coefficient (Wildman–Crippen LogP) is 3.58. The van der Waals surface area contributed by atoms with Crippen LogP contribution >= 0.6 is 0 Å². The molecule has 10 nitrogen and oxygen atoms in total. The van der Waals surface area contributed by atoms with Crippen molar-refractivity contribution in [2.45, 2.75) is 64.5 Å². The first-order valence-corrected chi connectivity index (χ1v) is 16.3. The summed E-state index contributed by atoms with van der Waals surface area (Å²) in [6, 6.07) is 13.3. The summed E-state index contributed by atoms with van der Waals surface area (Å²) in [5, 5.41) is 16.0. The Labute approximate surface area is 249 Å². The molecule has 3 saturated carbocycles. The lowest BCUT2D eigenvalue weighted by molar-refractivity contribution is -0.138. The molecule has 3 atom stereocenters. The minimum atomic E-state index is -4.07. The number of carboxylic acid groups (broad SMARTS) is 1. The lowest BCUT2D eigenvalue weighted by Crippen LogP contribution is -2.49. The largest absolute Gasteiger partial charge is 0.480 e. The molecule has 3 aromatic carbocycles. The van der Waals surface area contributed by atoms with E-state index in [0.717, 1.165) is 30.4 Å². The number of anilines is 3. The van der Waals surface area contributed by atoms with E-state index in [1.165, 1.54) is 0 Å². The molecule has 3 fully saturated rings. The number of nitrogens with one attached hydrogen (secondary N) is 3. The highest BCUT2D eigenvalue weighted by atomic mass is 32.2. The first-order chi connectivity index (χ1) is 20.3. The topological polar surface area (TPSA) is 159 Å². The van der Waals surface area contributed by atoms with E-state index in [1.54, 1.807) is 18.2 Å². The average Bonchev–Trinajstić information content (AvgIpc) is 3.73. The normalized spacial score (nSPS) is 23.4. The fraction of sp³-hybridized carbons (Fsp3) is 0.438. The first kappa shape index (κ1) is 29.3. The molecule has 0 spiro atoms. The number of fused-ring (bicyclic) bond motifs is 2. The predicted molar refractivity (Wildman–Crippen MR) is 164 cm³/mol. The third kappa shape index (κ3) is 5.29. The number of benzene rings is 2. The van der Waals surface area contributed by atoms with Crippen molar-refractivity contribution in [1.29, 1.82) is 0 Å². The van der Waals surface area contributed by atoms with Gasteiger partial charge in [-0.3, -0.25) is 19.2 Å². The van der Waals surface area contributed by atoms with Crippen molar-refractivity contribution in [2.75, 3.05) is 16.4 Å². The number of aliphatic carboxylic acids is 1. The molecular formula is C32H35N3O7S. The lowest BCUT2D eigenvalue weighted by atomic mass is 9.70. The Morgan fingerprint density at radius 2 is 1.67 bits per heavy atom. The number of ketones is 1. The third-order valence-corrected chi connectivity index (χ3v) is 11.4. The van der Waals surface area contributed by atoms with Crippen LogP contribution < -0.4 is 26.2 Å². The SMILES string of the molecule is CC1(C)[C@H]2CCC1(CS(=O)(=O)N[C@@H](Cc1ccc(-c3cccc(Nc4c(NC5CC5)c(=O)c4=O)c3)cc1)C(=O)O)C(=O)C2. The third-order valence-electron chi connectivity index (χ3n) is 9.89. The van der Waals surface area contributed by atoms with Crippen LogP contribution in [-0.4, -0.2) is 43.1 Å². The number of hydrogen-bond acceptors (Lipinski definition) is 8. The summed E-state index contributed by atoms with van der Waals surface area (Å²) in [6.07, 6.45) is 3.57. The molecule has 0 heterocycles. The molecular weight excluding hydrogens is 570 g/mol. The average molecular weight is 606 g/mol. The van der Waals surface area contributed by atoms with Crippen molar-refractivity contribution < 1.29 is 23.1 Å². The van der Waals surface area contributed by atoms with Gasteiger partial charge in [0, 0.05) is 23.6 Å². The summed E-state index contributed by atoms with van der Waals surface area (Å²) in [7, 11) is -4.07. The first-order valence-electron chi connectivity index (χ1n) is 14.6. The molecule has 0 amide bonds. The summed E-state index contributed by atoms with van der Waals surface area (Å²) in [5.74, 6) is -1.58. The van der Waals surface area contributed by atoms with Crippen LogP contribution in [0.2, 0.25) is 0 Å². The second-order valence-corrected chi connectivity index (χ2v) is 14.6. The summed E-state index contributed by atoms with van der Waals surface area (Å²) in [4.78, 5) is 49.1. The van der Waals surface area contributed by atoms with E-state index in [2.05, 4.69) is 15.4 Å². The van der Waals surface area contributed by atoms with Gasteiger partial charge >= 0.3 is 5.97 Å². The highest BCUT2D eigenvalue weighted by molar-refractivity contribution is 7.89. The number of hydrogen-bond donors (Lipinski definition) is 4. The van der Waals surface area contributed by atoms with Crippen LogP contribution in [0.3, 0.4) is 0 Å². The summed E-state index contributed by atoms with van der Waals surface area (Å²) in [5.41, 5.74) is 1.05. The van der Waals surface area contributed by atoms with Crippen molar-refractivity contribution in [3.63, 3.8) is 0 Å². The molecule has 0 aromatic heterocycles. The van der Waals surface area contributed by atoms with Gasteiger partial charge in [-0.2, -0.15) is 0 Å². The molecule has 3 aromatic rings. The quantitative estimate of drug-likeness (QED) is 0.226. The Morgan fingerprint density at radius 1 is 0.977 bits per heavy atom. The van der Waals surface area contributed by atoms with Gasteiger partial charge in [-0.25, -0.2) is 13.1 Å². The van der Waals surface area contributed by atoms with E-state index in [-0.39, 0.29) is 29.9 Å². The molecule has 0 aliphatic heterocycles. The van der Waals surface area contributed by atoms with Crippen molar-refractivity contribution in [2.24, 2.45) is 16.7 Å². The van der Waals surface area contributed by atoms with Crippen molar-refractivity contribution >= 4 is 38.8 Å². The minimum Gasteiger partial charge on any atom is -0.480 e. The van der Waals surface area contributed by atoms with E-state index in [9.17, 15) is 32.7 Å². The molecule has 11 heteroatoms. The fourth-order valence-electron chi connectivity index (χ4n) is 6.94. The smallest absolute Gasteiger partial charge is 0.322 e. The van der Waals surface area contributed by atoms with Crippen molar-refractivity contribution in [3.8, 4) is 11.1 Å². The maximum Gasteiger partial charge on any atom is 0.322 e. The standard InChI is InChI=1S/C32H35N3O7S/c1-31(2)21-12-13-32(31,25(36)16-21)17-43(41,42)35-24(30(39)40)14-18-6-8-19(9-7-18)20-4-3-5-23(15-20)34-27-26(28(37)29(27)38)33-22-10-11-22/h3-9,15,21-22,24,33-35H,10-14,16-17H2,1-2H3,(H,39,40)/t21-,24-,32?/m0/s1. The molecule has 3 aliphatic carbocycles. The summed E-state index contributed by atoms with van der Waals surface area (Å²) < 4.78 is 28.8. The van der Waals surface area contributed by atoms with E-state index in [0.29, 0.717) is 29.8 Å². The van der Waals surface area contributed by atoms with Crippen LogP contribution in [0.5, 0.6) is 0 Å². The molecule has 6 rings (SSSR count). The monoisotopic (exact) mass is 605 g/mol. The number of carbonyl (C=O) groups excluding carboxylic acids is 1. The second-order valence-electron chi connectivity index (χ2n) is 12.9. The van der Waals surface area contributed by atoms with Gasteiger partial charge in [-0.05, 0) is 72.3 Å². The second kappa shape index (κ2) is 10.4. The van der Waals surface area contributed by atoms with Crippen LogP contribution in [0, 0.1) is 16.7 Å². The van der Waals surface area contributed by atoms with E-state index < -0.39 is 49.5 Å². The zero-order chi connectivity index (χ0) is 30.7. The Morgan fingerprint density at radius 3 is 2.28 bits per heavy atom. The van der Waals surface area contributed by atoms with Gasteiger partial charge < -0.3 is 15.7 Å². The summed E-state index contributed by atoms with van der Waals surface area (Å²) in [6.45, 7) is 3.89. The molecule has 2 bridgehead atoms. The maximum absolute atomic E-state index is 13.2. The van der Waals surface area contributed by atoms with Gasteiger partial charge in [-0.1, -0.05) is 50.2 Å². The maximum atomic E-state index is 13.2. The number of Topliss-reactive ketones (excluding diaryl/α,β-unsaturated/α-hetero) is 1. The van der Waals surface area contributed by atoms with Crippen molar-refractivity contribution in [1.82, 2.24) is 4.72 Å². The zero-order valence-electron chi connectivity index (χ0n) is 24.1. The molecule has 0 radical (unpaired) electrons. The molecule has 226 valence electrons. The Balaban J connectivity index is 1.13. The number of sulfonamides is 1. The highest BCUT2D eigenvalue weighted by Gasteiger charge is 2.65. The van der Waals surface area contributed by atoms with E-state index >= 15 is 0 Å². The van der Waals surface area contributed by atoms with Crippen molar-refractivity contribution in [3.05, 3.63) is 74.5 Å². The van der Waals surface area contributed by atoms with E-state index in [4.69, 9.17) is 0 Å². The minimum absolute atomic E-state index is 0.0410. The zero-order valence-corrected chi connectivity index (χ0v) is 24.9. The van der Waals surface area contributed by atoms with Gasteiger partial charge in [0.15, 0.2) is 0 Å². The highest BCUT2D eigenvalue weighted by Crippen LogP contribution is 2.64. The van der Waals surface area contributed by atoms with Crippen LogP contribution in [0.4, 0.5) is 17.1 Å². The Hall–Kier alpha value is -3.83. The number of carboxylic acids is 1. The molecule has 3 aliphatic rings. The van der Waals surface area contributed by atoms with Crippen LogP contribution in [-0.2, 0) is 26.0 Å². The Bertz CT molecular complexity index is 1790. The van der Waals surface area contributed by atoms with Gasteiger partial charge in [0.25, 0.3) is 10.9 Å². The molecule has 4 N–H and O–H groups in total. The van der Waals surface area contributed by atoms with Gasteiger partial charge in [-0.15, -0.1) is 0 Å². The van der Waals surface area contributed by atoms with Crippen LogP contribution in [0.15, 0.2) is 58.1 Å². The lowest BCUT2D eigenvalue weighted by Gasteiger charge is -2.36. The molecule has 43 heavy (non-hydrogen) atoms. The summed E-state index contributed by atoms with van der Waals surface area (Å²) >= 11 is 0. The number of carbonyl (C=O) groups is 2. The molecule has 0 saturated heterocycles.